The predicted molar refractivity (Wildman–Crippen MR) is 134 cm³/mol. The standard InChI is InChI=1S/C27H35N3O5/c1-17-11-9-10-14-20(17)28-24(32)23(19-12-7-6-8-13-19)30(22-15-18(22)2)25(33)21(16-31)29-26(34)35-27(3,4)5/h6-14,18,21-23,31H,15-16H2,1-5H3,(H,28,32)(H,29,34). The third-order valence-electron chi connectivity index (χ3n) is 5.90. The molecule has 8 heteroatoms. The highest BCUT2D eigenvalue weighted by molar-refractivity contribution is 5.99. The van der Waals surface area contributed by atoms with Crippen LogP contribution in [-0.2, 0) is 14.3 Å². The fourth-order valence-corrected chi connectivity index (χ4v) is 3.98. The Morgan fingerprint density at radius 2 is 1.69 bits per heavy atom. The van der Waals surface area contributed by atoms with Gasteiger partial charge in [-0.05, 0) is 57.2 Å². The number of benzene rings is 2. The minimum atomic E-state index is -1.25. The lowest BCUT2D eigenvalue weighted by Gasteiger charge is -2.34. The fourth-order valence-electron chi connectivity index (χ4n) is 3.98. The number of ether oxygens (including phenoxy) is 1. The maximum absolute atomic E-state index is 13.8. The maximum Gasteiger partial charge on any atom is 0.408 e. The molecule has 1 saturated carbocycles. The van der Waals surface area contributed by atoms with Crippen LogP contribution in [0.2, 0.25) is 0 Å². The van der Waals surface area contributed by atoms with Crippen LogP contribution in [0.25, 0.3) is 0 Å². The topological polar surface area (TPSA) is 108 Å². The highest BCUT2D eigenvalue weighted by Crippen LogP contribution is 2.41. The summed E-state index contributed by atoms with van der Waals surface area (Å²) in [6.45, 7) is 8.40. The lowest BCUT2D eigenvalue weighted by Crippen LogP contribution is -2.54. The summed E-state index contributed by atoms with van der Waals surface area (Å²) in [5, 5.41) is 15.4. The molecule has 0 bridgehead atoms. The average Bonchev–Trinajstić information content (AvgIpc) is 3.51. The van der Waals surface area contributed by atoms with Crippen LogP contribution in [0, 0.1) is 12.8 Å². The normalized spacial score (nSPS) is 18.7. The number of aliphatic hydroxyl groups is 1. The van der Waals surface area contributed by atoms with Gasteiger partial charge in [-0.1, -0.05) is 55.5 Å². The van der Waals surface area contributed by atoms with Gasteiger partial charge in [0.05, 0.1) is 6.61 Å². The van der Waals surface area contributed by atoms with Gasteiger partial charge in [-0.15, -0.1) is 0 Å². The second-order valence-electron chi connectivity index (χ2n) is 10.0. The molecule has 0 saturated heterocycles. The molecule has 4 unspecified atom stereocenters. The van der Waals surface area contributed by atoms with Crippen LogP contribution in [0.1, 0.15) is 51.3 Å². The number of aryl methyl sites for hydroxylation is 1. The van der Waals surface area contributed by atoms with Crippen molar-refractivity contribution in [2.45, 2.75) is 64.8 Å². The molecular weight excluding hydrogens is 446 g/mol. The average molecular weight is 482 g/mol. The van der Waals surface area contributed by atoms with E-state index in [4.69, 9.17) is 4.74 Å². The number of para-hydroxylation sites is 1. The van der Waals surface area contributed by atoms with Crippen molar-refractivity contribution in [3.63, 3.8) is 0 Å². The third kappa shape index (κ3) is 6.82. The largest absolute Gasteiger partial charge is 0.444 e. The lowest BCUT2D eigenvalue weighted by atomic mass is 10.0. The third-order valence-corrected chi connectivity index (χ3v) is 5.90. The molecule has 4 atom stereocenters. The summed E-state index contributed by atoms with van der Waals surface area (Å²) >= 11 is 0. The number of nitrogens with one attached hydrogen (secondary N) is 2. The molecule has 3 amide bonds. The number of carbonyl (C=O) groups is 3. The Bertz CT molecular complexity index is 1050. The van der Waals surface area contributed by atoms with E-state index in [1.165, 1.54) is 4.90 Å². The molecule has 1 fully saturated rings. The second-order valence-corrected chi connectivity index (χ2v) is 10.0. The van der Waals surface area contributed by atoms with Gasteiger partial charge in [-0.2, -0.15) is 0 Å². The minimum absolute atomic E-state index is 0.178. The van der Waals surface area contributed by atoms with Crippen LogP contribution < -0.4 is 10.6 Å². The maximum atomic E-state index is 13.8. The quantitative estimate of drug-likeness (QED) is 0.532. The summed E-state index contributed by atoms with van der Waals surface area (Å²) in [4.78, 5) is 41.3. The summed E-state index contributed by atoms with van der Waals surface area (Å²) < 4.78 is 5.27. The molecule has 1 aliphatic carbocycles. The van der Waals surface area contributed by atoms with Crippen molar-refractivity contribution in [3.05, 3.63) is 65.7 Å². The zero-order chi connectivity index (χ0) is 25.8. The summed E-state index contributed by atoms with van der Waals surface area (Å²) in [6.07, 6.45) is -0.0913. The van der Waals surface area contributed by atoms with Crippen molar-refractivity contribution in [1.29, 1.82) is 0 Å². The van der Waals surface area contributed by atoms with Crippen LogP contribution in [0.3, 0.4) is 0 Å². The SMILES string of the molecule is Cc1ccccc1NC(=O)C(c1ccccc1)N(C(=O)C(CO)NC(=O)OC(C)(C)C)C1CC1C. The van der Waals surface area contributed by atoms with Crippen LogP contribution in [0.15, 0.2) is 54.6 Å². The molecule has 0 spiro atoms. The van der Waals surface area contributed by atoms with E-state index in [1.54, 1.807) is 32.9 Å². The number of hydrogen-bond acceptors (Lipinski definition) is 5. The number of rotatable bonds is 8. The molecule has 0 aliphatic heterocycles. The van der Waals surface area contributed by atoms with Crippen molar-refractivity contribution >= 4 is 23.6 Å². The van der Waals surface area contributed by atoms with Gasteiger partial charge in [0.25, 0.3) is 5.91 Å². The molecule has 0 aromatic heterocycles. The van der Waals surface area contributed by atoms with Crippen molar-refractivity contribution in [3.8, 4) is 0 Å². The van der Waals surface area contributed by atoms with Gasteiger partial charge >= 0.3 is 6.09 Å². The van der Waals surface area contributed by atoms with Gasteiger partial charge in [0.2, 0.25) is 5.91 Å². The summed E-state index contributed by atoms with van der Waals surface area (Å²) in [7, 11) is 0. The van der Waals surface area contributed by atoms with Crippen molar-refractivity contribution in [1.82, 2.24) is 10.2 Å². The van der Waals surface area contributed by atoms with Gasteiger partial charge in [0.1, 0.15) is 17.7 Å². The molecule has 2 aromatic carbocycles. The Kier molecular flexibility index (Phi) is 8.17. The van der Waals surface area contributed by atoms with Crippen molar-refractivity contribution in [2.75, 3.05) is 11.9 Å². The first kappa shape index (κ1) is 26.2. The van der Waals surface area contributed by atoms with Gasteiger partial charge in [0, 0.05) is 11.7 Å². The molecule has 0 heterocycles. The van der Waals surface area contributed by atoms with E-state index in [9.17, 15) is 19.5 Å². The molecule has 188 valence electrons. The van der Waals surface area contributed by atoms with E-state index in [0.717, 1.165) is 12.0 Å². The Balaban J connectivity index is 1.95. The van der Waals surface area contributed by atoms with E-state index in [2.05, 4.69) is 10.6 Å². The van der Waals surface area contributed by atoms with E-state index in [-0.39, 0.29) is 17.9 Å². The van der Waals surface area contributed by atoms with Crippen molar-refractivity contribution < 1.29 is 24.2 Å². The zero-order valence-corrected chi connectivity index (χ0v) is 20.9. The summed E-state index contributed by atoms with van der Waals surface area (Å²) in [5.41, 5.74) is 1.42. The smallest absolute Gasteiger partial charge is 0.408 e. The first-order chi connectivity index (χ1) is 16.5. The predicted octanol–water partition coefficient (Wildman–Crippen LogP) is 3.80. The number of aliphatic hydroxyl groups excluding tert-OH is 1. The fraction of sp³-hybridized carbons (Fsp3) is 0.444. The number of hydrogen-bond donors (Lipinski definition) is 3. The molecule has 0 radical (unpaired) electrons. The van der Waals surface area contributed by atoms with Gasteiger partial charge in [-0.3, -0.25) is 9.59 Å². The highest BCUT2D eigenvalue weighted by Gasteiger charge is 2.48. The monoisotopic (exact) mass is 481 g/mol. The molecule has 8 nitrogen and oxygen atoms in total. The Morgan fingerprint density at radius 1 is 1.09 bits per heavy atom. The molecule has 3 N–H and O–H groups in total. The molecule has 3 rings (SSSR count). The Labute approximate surface area is 206 Å². The molecule has 1 aliphatic rings. The molecule has 2 aromatic rings. The minimum Gasteiger partial charge on any atom is -0.444 e. The van der Waals surface area contributed by atoms with Crippen LogP contribution in [0.4, 0.5) is 10.5 Å². The summed E-state index contributed by atoms with van der Waals surface area (Å²) in [6, 6.07) is 14.1. The Hall–Kier alpha value is -3.39. The summed E-state index contributed by atoms with van der Waals surface area (Å²) in [5.74, 6) is -0.731. The molecule has 35 heavy (non-hydrogen) atoms. The van der Waals surface area contributed by atoms with E-state index in [0.29, 0.717) is 11.3 Å². The van der Waals surface area contributed by atoms with Gasteiger partial charge in [0.15, 0.2) is 0 Å². The van der Waals surface area contributed by atoms with E-state index < -0.39 is 36.3 Å². The van der Waals surface area contributed by atoms with Crippen LogP contribution in [0.5, 0.6) is 0 Å². The van der Waals surface area contributed by atoms with Crippen LogP contribution in [-0.4, -0.2) is 52.2 Å². The lowest BCUT2D eigenvalue weighted by molar-refractivity contribution is -0.142. The zero-order valence-electron chi connectivity index (χ0n) is 20.9. The number of nitrogens with zero attached hydrogens (tertiary/aromatic N) is 1. The van der Waals surface area contributed by atoms with E-state index in [1.807, 2.05) is 56.3 Å². The van der Waals surface area contributed by atoms with Gasteiger partial charge in [-0.25, -0.2) is 4.79 Å². The first-order valence-corrected chi connectivity index (χ1v) is 11.9. The number of amides is 3. The van der Waals surface area contributed by atoms with E-state index >= 15 is 0 Å². The number of anilines is 1. The van der Waals surface area contributed by atoms with Gasteiger partial charge < -0.3 is 25.4 Å². The van der Waals surface area contributed by atoms with Crippen LogP contribution >= 0.6 is 0 Å². The highest BCUT2D eigenvalue weighted by atomic mass is 16.6. The second kappa shape index (κ2) is 10.9. The number of carbonyl (C=O) groups excluding carboxylic acids is 3. The first-order valence-electron chi connectivity index (χ1n) is 11.9. The Morgan fingerprint density at radius 3 is 2.23 bits per heavy atom. The number of alkyl carbamates (subject to hydrolysis) is 1. The molecular formula is C27H35N3O5. The van der Waals surface area contributed by atoms with Crippen molar-refractivity contribution in [2.24, 2.45) is 5.92 Å².